The summed E-state index contributed by atoms with van der Waals surface area (Å²) in [4.78, 5) is 26.2. The van der Waals surface area contributed by atoms with Crippen molar-refractivity contribution >= 4 is 24.3 Å². The number of amides is 3. The third-order valence-electron chi connectivity index (χ3n) is 5.15. The second-order valence-electron chi connectivity index (χ2n) is 6.98. The van der Waals surface area contributed by atoms with Gasteiger partial charge in [-0.25, -0.2) is 4.79 Å². The molecule has 6 nitrogen and oxygen atoms in total. The molecule has 2 aliphatic heterocycles. The van der Waals surface area contributed by atoms with Gasteiger partial charge in [-0.2, -0.15) is 0 Å². The zero-order valence-electron chi connectivity index (χ0n) is 15.3. The van der Waals surface area contributed by atoms with Gasteiger partial charge in [0, 0.05) is 38.1 Å². The number of piperidine rings is 1. The molecule has 2 aliphatic rings. The van der Waals surface area contributed by atoms with Crippen LogP contribution in [0.2, 0.25) is 0 Å². The molecule has 0 aliphatic carbocycles. The van der Waals surface area contributed by atoms with Crippen molar-refractivity contribution < 1.29 is 9.59 Å². The summed E-state index contributed by atoms with van der Waals surface area (Å²) in [5.74, 6) is 0.00448. The highest BCUT2D eigenvalue weighted by atomic mass is 35.5. The van der Waals surface area contributed by atoms with Crippen LogP contribution in [0.5, 0.6) is 0 Å². The molecule has 26 heavy (non-hydrogen) atoms. The maximum Gasteiger partial charge on any atom is 0.317 e. The lowest BCUT2D eigenvalue weighted by molar-refractivity contribution is -0.122. The molecule has 1 aromatic carbocycles. The molecule has 0 bridgehead atoms. The summed E-state index contributed by atoms with van der Waals surface area (Å²) in [6.45, 7) is 4.85. The molecule has 7 heteroatoms. The fraction of sp³-hybridized carbons (Fsp3) is 0.579. The standard InChI is InChI=1S/C19H28N4O2.ClH/c1-14-17(7-4-10-20-14)22-18(24)8-11-21-19(25)23-12-9-15-5-2-3-6-16(15)13-23;/h2-3,5-6,14,17,20H,4,7-13H2,1H3,(H,21,25)(H,22,24);1H. The van der Waals surface area contributed by atoms with Gasteiger partial charge in [0.25, 0.3) is 0 Å². The lowest BCUT2D eigenvalue weighted by Crippen LogP contribution is -2.52. The number of nitrogens with one attached hydrogen (secondary N) is 3. The first kappa shape index (κ1) is 20.5. The second kappa shape index (κ2) is 9.78. The monoisotopic (exact) mass is 380 g/mol. The van der Waals surface area contributed by atoms with Crippen molar-refractivity contribution in [2.24, 2.45) is 0 Å². The molecular weight excluding hydrogens is 352 g/mol. The molecule has 1 aromatic rings. The third kappa shape index (κ3) is 5.35. The molecule has 1 fully saturated rings. The van der Waals surface area contributed by atoms with Crippen LogP contribution in [0.4, 0.5) is 4.79 Å². The highest BCUT2D eigenvalue weighted by Crippen LogP contribution is 2.18. The Morgan fingerprint density at radius 1 is 1.27 bits per heavy atom. The van der Waals surface area contributed by atoms with Gasteiger partial charge in [0.1, 0.15) is 0 Å². The van der Waals surface area contributed by atoms with E-state index < -0.39 is 0 Å². The van der Waals surface area contributed by atoms with E-state index in [1.807, 2.05) is 17.0 Å². The number of hydrogen-bond acceptors (Lipinski definition) is 3. The van der Waals surface area contributed by atoms with Crippen LogP contribution >= 0.6 is 12.4 Å². The Labute approximate surface area is 161 Å². The molecule has 0 spiro atoms. The highest BCUT2D eigenvalue weighted by molar-refractivity contribution is 5.85. The number of hydrogen-bond donors (Lipinski definition) is 3. The van der Waals surface area contributed by atoms with E-state index in [9.17, 15) is 9.59 Å². The fourth-order valence-electron chi connectivity index (χ4n) is 3.58. The minimum atomic E-state index is -0.0880. The van der Waals surface area contributed by atoms with Crippen molar-refractivity contribution in [1.29, 1.82) is 0 Å². The van der Waals surface area contributed by atoms with E-state index in [4.69, 9.17) is 0 Å². The van der Waals surface area contributed by atoms with Gasteiger partial charge in [0.2, 0.25) is 5.91 Å². The van der Waals surface area contributed by atoms with Crippen LogP contribution in [0.15, 0.2) is 24.3 Å². The first-order valence-corrected chi connectivity index (χ1v) is 9.26. The topological polar surface area (TPSA) is 73.5 Å². The van der Waals surface area contributed by atoms with Gasteiger partial charge in [-0.3, -0.25) is 4.79 Å². The third-order valence-corrected chi connectivity index (χ3v) is 5.15. The number of nitrogens with zero attached hydrogens (tertiary/aromatic N) is 1. The summed E-state index contributed by atoms with van der Waals surface area (Å²) in [5, 5.41) is 9.31. The van der Waals surface area contributed by atoms with Crippen LogP contribution < -0.4 is 16.0 Å². The second-order valence-corrected chi connectivity index (χ2v) is 6.98. The number of rotatable bonds is 4. The Balaban J connectivity index is 0.00000243. The first-order valence-electron chi connectivity index (χ1n) is 9.26. The largest absolute Gasteiger partial charge is 0.352 e. The van der Waals surface area contributed by atoms with Gasteiger partial charge in [-0.05, 0) is 43.9 Å². The van der Waals surface area contributed by atoms with E-state index in [0.29, 0.717) is 25.6 Å². The maximum absolute atomic E-state index is 12.3. The molecule has 3 N–H and O–H groups in total. The average Bonchev–Trinajstić information content (AvgIpc) is 2.63. The average molecular weight is 381 g/mol. The zero-order chi connectivity index (χ0) is 17.6. The number of fused-ring (bicyclic) bond motifs is 1. The Kier molecular flexibility index (Phi) is 7.72. The molecule has 0 radical (unpaired) electrons. The smallest absolute Gasteiger partial charge is 0.317 e. The fourth-order valence-corrected chi connectivity index (χ4v) is 3.58. The van der Waals surface area contributed by atoms with Crippen LogP contribution in [0.3, 0.4) is 0 Å². The van der Waals surface area contributed by atoms with Crippen molar-refractivity contribution in [3.05, 3.63) is 35.4 Å². The van der Waals surface area contributed by atoms with E-state index >= 15 is 0 Å². The summed E-state index contributed by atoms with van der Waals surface area (Å²) in [5.41, 5.74) is 2.53. The first-order chi connectivity index (χ1) is 12.1. The number of carbonyl (C=O) groups excluding carboxylic acids is 2. The number of halogens is 1. The summed E-state index contributed by atoms with van der Waals surface area (Å²) in [6, 6.07) is 8.64. The molecule has 2 atom stereocenters. The Bertz CT molecular complexity index is 625. The molecule has 144 valence electrons. The van der Waals surface area contributed by atoms with Crippen molar-refractivity contribution in [2.45, 2.75) is 51.2 Å². The highest BCUT2D eigenvalue weighted by Gasteiger charge is 2.23. The molecule has 3 rings (SSSR count). The molecule has 1 saturated heterocycles. The predicted octanol–water partition coefficient (Wildman–Crippen LogP) is 1.82. The Morgan fingerprint density at radius 2 is 2.04 bits per heavy atom. The quantitative estimate of drug-likeness (QED) is 0.746. The SMILES string of the molecule is CC1NCCCC1NC(=O)CCNC(=O)N1CCc2ccccc2C1.Cl. The van der Waals surface area contributed by atoms with E-state index in [2.05, 4.69) is 35.0 Å². The molecule has 2 unspecified atom stereocenters. The van der Waals surface area contributed by atoms with Gasteiger partial charge in [-0.1, -0.05) is 24.3 Å². The Morgan fingerprint density at radius 3 is 2.81 bits per heavy atom. The minimum Gasteiger partial charge on any atom is -0.352 e. The summed E-state index contributed by atoms with van der Waals surface area (Å²) >= 11 is 0. The van der Waals surface area contributed by atoms with Crippen molar-refractivity contribution in [2.75, 3.05) is 19.6 Å². The number of carbonyl (C=O) groups is 2. The van der Waals surface area contributed by atoms with Crippen LogP contribution in [0.25, 0.3) is 0 Å². The summed E-state index contributed by atoms with van der Waals surface area (Å²) in [6.07, 6.45) is 3.30. The van der Waals surface area contributed by atoms with Gasteiger partial charge in [-0.15, -0.1) is 12.4 Å². The van der Waals surface area contributed by atoms with Crippen LogP contribution in [0, 0.1) is 0 Å². The zero-order valence-corrected chi connectivity index (χ0v) is 16.1. The Hall–Kier alpha value is -1.79. The van der Waals surface area contributed by atoms with E-state index in [1.54, 1.807) is 0 Å². The van der Waals surface area contributed by atoms with Crippen LogP contribution in [-0.2, 0) is 17.8 Å². The van der Waals surface area contributed by atoms with Crippen molar-refractivity contribution in [1.82, 2.24) is 20.9 Å². The van der Waals surface area contributed by atoms with Gasteiger partial charge in [0.15, 0.2) is 0 Å². The van der Waals surface area contributed by atoms with Gasteiger partial charge >= 0.3 is 6.03 Å². The lowest BCUT2D eigenvalue weighted by atomic mass is 10.00. The predicted molar refractivity (Wildman–Crippen MR) is 104 cm³/mol. The molecular formula is C19H29ClN4O2. The maximum atomic E-state index is 12.3. The van der Waals surface area contributed by atoms with Crippen LogP contribution in [-0.4, -0.2) is 48.6 Å². The van der Waals surface area contributed by atoms with E-state index in [0.717, 1.165) is 32.4 Å². The lowest BCUT2D eigenvalue weighted by Gasteiger charge is -2.31. The van der Waals surface area contributed by atoms with Crippen molar-refractivity contribution in [3.8, 4) is 0 Å². The number of benzene rings is 1. The molecule has 3 amide bonds. The molecule has 0 aromatic heterocycles. The van der Waals surface area contributed by atoms with Crippen LogP contribution in [0.1, 0.15) is 37.3 Å². The van der Waals surface area contributed by atoms with Gasteiger partial charge in [0.05, 0.1) is 0 Å². The van der Waals surface area contributed by atoms with Gasteiger partial charge < -0.3 is 20.9 Å². The molecule has 0 saturated carbocycles. The number of urea groups is 1. The van der Waals surface area contributed by atoms with Crippen molar-refractivity contribution in [3.63, 3.8) is 0 Å². The van der Waals surface area contributed by atoms with E-state index in [1.165, 1.54) is 11.1 Å². The normalized spacial score (nSPS) is 22.0. The summed E-state index contributed by atoms with van der Waals surface area (Å²) in [7, 11) is 0. The van der Waals surface area contributed by atoms with E-state index in [-0.39, 0.29) is 30.4 Å². The summed E-state index contributed by atoms with van der Waals surface area (Å²) < 4.78 is 0. The molecule has 2 heterocycles. The minimum absolute atomic E-state index is 0.